The lowest BCUT2D eigenvalue weighted by Crippen LogP contribution is -2.32. The van der Waals surface area contributed by atoms with E-state index in [0.717, 1.165) is 12.5 Å². The van der Waals surface area contributed by atoms with Gasteiger partial charge in [-0.15, -0.1) is 11.3 Å². The maximum Gasteiger partial charge on any atom is 0.0798 e. The van der Waals surface area contributed by atoms with Crippen molar-refractivity contribution in [3.8, 4) is 0 Å². The van der Waals surface area contributed by atoms with E-state index in [1.807, 2.05) is 5.51 Å². The molecular formula is C17H22N2S. The molecule has 2 nitrogen and oxygen atoms in total. The number of benzene rings is 1. The highest BCUT2D eigenvalue weighted by atomic mass is 32.1. The molecule has 106 valence electrons. The van der Waals surface area contributed by atoms with Crippen LogP contribution in [0.25, 0.3) is 0 Å². The maximum atomic E-state index is 4.31. The van der Waals surface area contributed by atoms with E-state index >= 15 is 0 Å². The largest absolute Gasteiger partial charge is 0.309 e. The zero-order valence-corrected chi connectivity index (χ0v) is 12.8. The van der Waals surface area contributed by atoms with Gasteiger partial charge >= 0.3 is 0 Å². The molecule has 1 saturated carbocycles. The van der Waals surface area contributed by atoms with Crippen molar-refractivity contribution in [3.05, 3.63) is 52.0 Å². The Kier molecular flexibility index (Phi) is 4.48. The number of thiazole rings is 1. The number of nitrogens with zero attached hydrogens (tertiary/aromatic N) is 1. The van der Waals surface area contributed by atoms with Gasteiger partial charge in [0.15, 0.2) is 0 Å². The molecule has 3 heteroatoms. The molecule has 1 aliphatic carbocycles. The number of nitrogens with one attached hydrogen (secondary N) is 1. The van der Waals surface area contributed by atoms with E-state index in [0.29, 0.717) is 6.04 Å². The summed E-state index contributed by atoms with van der Waals surface area (Å²) < 4.78 is 0. The van der Waals surface area contributed by atoms with Gasteiger partial charge in [-0.2, -0.15) is 0 Å². The minimum absolute atomic E-state index is 0.677. The monoisotopic (exact) mass is 286 g/mol. The molecule has 0 saturated heterocycles. The Hall–Kier alpha value is -1.19. The number of aromatic nitrogens is 1. The smallest absolute Gasteiger partial charge is 0.0798 e. The average molecular weight is 286 g/mol. The molecule has 20 heavy (non-hydrogen) atoms. The van der Waals surface area contributed by atoms with Crippen LogP contribution in [0, 0.1) is 6.92 Å². The topological polar surface area (TPSA) is 24.9 Å². The van der Waals surface area contributed by atoms with Gasteiger partial charge in [0, 0.05) is 17.5 Å². The van der Waals surface area contributed by atoms with Gasteiger partial charge in [-0.1, -0.05) is 30.3 Å². The van der Waals surface area contributed by atoms with E-state index in [2.05, 4.69) is 47.6 Å². The Morgan fingerprint density at radius 2 is 1.90 bits per heavy atom. The Bertz CT molecular complexity index is 527. The van der Waals surface area contributed by atoms with Crippen molar-refractivity contribution in [2.75, 3.05) is 0 Å². The average Bonchev–Trinajstić information content (AvgIpc) is 2.92. The highest BCUT2D eigenvalue weighted by molar-refractivity contribution is 7.09. The third-order valence-electron chi connectivity index (χ3n) is 4.39. The first-order valence-corrected chi connectivity index (χ1v) is 8.38. The molecule has 0 aliphatic heterocycles. The molecule has 1 aromatic carbocycles. The van der Waals surface area contributed by atoms with Crippen LogP contribution < -0.4 is 5.32 Å². The molecule has 2 aromatic rings. The van der Waals surface area contributed by atoms with Gasteiger partial charge in [-0.05, 0) is 44.1 Å². The van der Waals surface area contributed by atoms with Crippen LogP contribution in [0.3, 0.4) is 0 Å². The first kappa shape index (κ1) is 13.8. The van der Waals surface area contributed by atoms with E-state index in [1.165, 1.54) is 41.8 Å². The predicted octanol–water partition coefficient (Wildman–Crippen LogP) is 4.27. The third-order valence-corrected chi connectivity index (χ3v) is 5.33. The number of aryl methyl sites for hydroxylation is 1. The Morgan fingerprint density at radius 1 is 1.15 bits per heavy atom. The Morgan fingerprint density at radius 3 is 2.55 bits per heavy atom. The zero-order chi connectivity index (χ0) is 13.8. The van der Waals surface area contributed by atoms with E-state index in [9.17, 15) is 0 Å². The number of hydrogen-bond acceptors (Lipinski definition) is 3. The normalized spacial score (nSPS) is 22.9. The molecule has 0 radical (unpaired) electrons. The summed E-state index contributed by atoms with van der Waals surface area (Å²) in [5, 5.41) is 3.71. The van der Waals surface area contributed by atoms with Gasteiger partial charge in [0.25, 0.3) is 0 Å². The highest BCUT2D eigenvalue weighted by Gasteiger charge is 2.21. The van der Waals surface area contributed by atoms with Crippen molar-refractivity contribution >= 4 is 11.3 Å². The Balaban J connectivity index is 1.48. The first-order valence-electron chi connectivity index (χ1n) is 7.50. The first-order chi connectivity index (χ1) is 9.83. The van der Waals surface area contributed by atoms with Gasteiger partial charge in [0.05, 0.1) is 11.2 Å². The molecule has 1 aromatic heterocycles. The van der Waals surface area contributed by atoms with Crippen molar-refractivity contribution in [2.24, 2.45) is 0 Å². The molecule has 0 unspecified atom stereocenters. The van der Waals surface area contributed by atoms with Crippen LogP contribution >= 0.6 is 11.3 Å². The number of hydrogen-bond donors (Lipinski definition) is 1. The van der Waals surface area contributed by atoms with Crippen LogP contribution in [0.5, 0.6) is 0 Å². The summed E-state index contributed by atoms with van der Waals surface area (Å²) in [5.41, 5.74) is 4.64. The van der Waals surface area contributed by atoms with Crippen molar-refractivity contribution in [1.82, 2.24) is 10.3 Å². The molecular weight excluding hydrogens is 264 g/mol. The minimum atomic E-state index is 0.677. The van der Waals surface area contributed by atoms with Gasteiger partial charge < -0.3 is 5.32 Å². The van der Waals surface area contributed by atoms with Crippen LogP contribution in [0.4, 0.5) is 0 Å². The predicted molar refractivity (Wildman–Crippen MR) is 85.1 cm³/mol. The van der Waals surface area contributed by atoms with Gasteiger partial charge in [0.2, 0.25) is 0 Å². The van der Waals surface area contributed by atoms with Crippen LogP contribution in [0.1, 0.15) is 47.7 Å². The molecule has 0 atom stereocenters. The van der Waals surface area contributed by atoms with Gasteiger partial charge in [0.1, 0.15) is 0 Å². The summed E-state index contributed by atoms with van der Waals surface area (Å²) in [5.74, 6) is 0.763. The van der Waals surface area contributed by atoms with Crippen molar-refractivity contribution in [2.45, 2.75) is 51.1 Å². The highest BCUT2D eigenvalue weighted by Crippen LogP contribution is 2.32. The molecule has 3 rings (SSSR count). The lowest BCUT2D eigenvalue weighted by Gasteiger charge is -2.29. The van der Waals surface area contributed by atoms with E-state index in [1.54, 1.807) is 11.3 Å². The molecule has 1 N–H and O–H groups in total. The van der Waals surface area contributed by atoms with E-state index in [4.69, 9.17) is 0 Å². The van der Waals surface area contributed by atoms with Crippen molar-refractivity contribution < 1.29 is 0 Å². The molecule has 1 fully saturated rings. The Labute approximate surface area is 125 Å². The number of rotatable bonds is 4. The molecule has 1 aliphatic rings. The molecule has 1 heterocycles. The maximum absolute atomic E-state index is 4.31. The summed E-state index contributed by atoms with van der Waals surface area (Å²) in [6, 6.07) is 11.7. The van der Waals surface area contributed by atoms with E-state index < -0.39 is 0 Å². The van der Waals surface area contributed by atoms with Crippen molar-refractivity contribution in [3.63, 3.8) is 0 Å². The van der Waals surface area contributed by atoms with Gasteiger partial charge in [-0.25, -0.2) is 4.98 Å². The summed E-state index contributed by atoms with van der Waals surface area (Å²) in [7, 11) is 0. The summed E-state index contributed by atoms with van der Waals surface area (Å²) in [6.45, 7) is 3.08. The lowest BCUT2D eigenvalue weighted by atomic mass is 9.82. The summed E-state index contributed by atoms with van der Waals surface area (Å²) in [4.78, 5) is 5.70. The van der Waals surface area contributed by atoms with Crippen LogP contribution in [0.2, 0.25) is 0 Å². The lowest BCUT2D eigenvalue weighted by molar-refractivity contribution is 0.342. The minimum Gasteiger partial charge on any atom is -0.309 e. The second-order valence-corrected chi connectivity index (χ2v) is 6.64. The van der Waals surface area contributed by atoms with Crippen LogP contribution in [-0.2, 0) is 6.54 Å². The van der Waals surface area contributed by atoms with Crippen LogP contribution in [-0.4, -0.2) is 11.0 Å². The molecule has 0 spiro atoms. The van der Waals surface area contributed by atoms with Crippen LogP contribution in [0.15, 0.2) is 35.8 Å². The fourth-order valence-corrected chi connectivity index (χ4v) is 3.82. The molecule has 0 bridgehead atoms. The fourth-order valence-electron chi connectivity index (χ4n) is 3.09. The SMILES string of the molecule is Cc1ncsc1CNC1CCC(c2ccccc2)CC1. The van der Waals surface area contributed by atoms with E-state index in [-0.39, 0.29) is 0 Å². The quantitative estimate of drug-likeness (QED) is 0.908. The fraction of sp³-hybridized carbons (Fsp3) is 0.471. The van der Waals surface area contributed by atoms with Crippen molar-refractivity contribution in [1.29, 1.82) is 0 Å². The molecule has 0 amide bonds. The van der Waals surface area contributed by atoms with Gasteiger partial charge in [-0.3, -0.25) is 0 Å². The summed E-state index contributed by atoms with van der Waals surface area (Å²) >= 11 is 1.76. The second-order valence-electron chi connectivity index (χ2n) is 5.70. The third kappa shape index (κ3) is 3.28. The second kappa shape index (κ2) is 6.51. The standard InChI is InChI=1S/C17H22N2S/c1-13-17(20-12-19-13)11-18-16-9-7-15(8-10-16)14-5-3-2-4-6-14/h2-6,12,15-16,18H,7-11H2,1H3. The summed E-state index contributed by atoms with van der Waals surface area (Å²) in [6.07, 6.45) is 5.20. The zero-order valence-electron chi connectivity index (χ0n) is 12.0.